The van der Waals surface area contributed by atoms with Crippen LogP contribution in [0.15, 0.2) is 36.5 Å². The van der Waals surface area contributed by atoms with Crippen LogP contribution < -0.4 is 5.32 Å². The number of fused-ring (bicyclic) bond motifs is 1. The normalized spacial score (nSPS) is 13.1. The van der Waals surface area contributed by atoms with Crippen LogP contribution in [0.25, 0.3) is 16.8 Å². The van der Waals surface area contributed by atoms with Crippen molar-refractivity contribution in [3.8, 4) is 11.3 Å². The zero-order chi connectivity index (χ0) is 21.6. The molecule has 0 unspecified atom stereocenters. The summed E-state index contributed by atoms with van der Waals surface area (Å²) in [6, 6.07) is 4.39. The second kappa shape index (κ2) is 6.90. The number of hydrogen-bond donors (Lipinski definition) is 2. The van der Waals surface area contributed by atoms with E-state index < -0.39 is 34.6 Å². The Morgan fingerprint density at radius 3 is 2.28 bits per heavy atom. The molecular weight excluding hydrogens is 402 g/mol. The number of alkyl halides is 6. The summed E-state index contributed by atoms with van der Waals surface area (Å²) in [5.41, 5.74) is -4.47. The lowest BCUT2D eigenvalue weighted by Gasteiger charge is -2.19. The fourth-order valence-corrected chi connectivity index (χ4v) is 2.72. The van der Waals surface area contributed by atoms with Crippen molar-refractivity contribution in [2.45, 2.75) is 31.8 Å². The van der Waals surface area contributed by atoms with E-state index in [0.29, 0.717) is 6.07 Å². The maximum absolute atomic E-state index is 13.5. The lowest BCUT2D eigenvalue weighted by atomic mass is 10.00. The van der Waals surface area contributed by atoms with E-state index in [-0.39, 0.29) is 29.8 Å². The molecule has 156 valence electrons. The molecule has 0 aliphatic carbocycles. The molecule has 0 spiro atoms. The van der Waals surface area contributed by atoms with Gasteiger partial charge in [0.1, 0.15) is 5.69 Å². The predicted octanol–water partition coefficient (Wildman–Crippen LogP) is 4.62. The van der Waals surface area contributed by atoms with Crippen LogP contribution in [0.3, 0.4) is 0 Å². The van der Waals surface area contributed by atoms with Gasteiger partial charge in [0.25, 0.3) is 0 Å². The highest BCUT2D eigenvalue weighted by molar-refractivity contribution is 5.80. The Hall–Kier alpha value is -2.82. The third-order valence-electron chi connectivity index (χ3n) is 4.05. The molecule has 0 saturated heterocycles. The second-order valence-electron chi connectivity index (χ2n) is 7.06. The summed E-state index contributed by atoms with van der Waals surface area (Å²) in [4.78, 5) is 0. The molecule has 3 rings (SSSR count). The zero-order valence-electron chi connectivity index (χ0n) is 15.2. The Kier molecular flexibility index (Phi) is 4.98. The maximum Gasteiger partial charge on any atom is 0.417 e. The summed E-state index contributed by atoms with van der Waals surface area (Å²) in [6.07, 6.45) is -8.43. The number of rotatable bonds is 4. The molecule has 29 heavy (non-hydrogen) atoms. The van der Waals surface area contributed by atoms with Gasteiger partial charge in [-0.05, 0) is 38.1 Å². The quantitative estimate of drug-likeness (QED) is 0.608. The maximum atomic E-state index is 13.5. The number of aliphatic hydroxyl groups is 1. The van der Waals surface area contributed by atoms with E-state index in [1.165, 1.54) is 22.7 Å². The SMILES string of the molecule is CC(C)(O)CNc1nnc(-c2ccc(C(F)(F)F)cc2C(F)(F)F)c2cccn12. The highest BCUT2D eigenvalue weighted by atomic mass is 19.4. The topological polar surface area (TPSA) is 62.5 Å². The minimum Gasteiger partial charge on any atom is -0.389 e. The van der Waals surface area contributed by atoms with E-state index in [0.717, 1.165) is 6.07 Å². The molecule has 3 aromatic rings. The predicted molar refractivity (Wildman–Crippen MR) is 93.2 cm³/mol. The van der Waals surface area contributed by atoms with Crippen LogP contribution >= 0.6 is 0 Å². The molecule has 0 aliphatic rings. The van der Waals surface area contributed by atoms with Crippen molar-refractivity contribution in [1.82, 2.24) is 14.6 Å². The van der Waals surface area contributed by atoms with Crippen LogP contribution in [0.4, 0.5) is 32.3 Å². The average molecular weight is 418 g/mol. The molecule has 2 aromatic heterocycles. The minimum absolute atomic E-state index is 0.0664. The van der Waals surface area contributed by atoms with Gasteiger partial charge < -0.3 is 10.4 Å². The van der Waals surface area contributed by atoms with Crippen molar-refractivity contribution >= 4 is 11.5 Å². The van der Waals surface area contributed by atoms with E-state index >= 15 is 0 Å². The molecule has 0 atom stereocenters. The smallest absolute Gasteiger partial charge is 0.389 e. The third-order valence-corrected chi connectivity index (χ3v) is 4.05. The van der Waals surface area contributed by atoms with Gasteiger partial charge in [0.2, 0.25) is 5.95 Å². The van der Waals surface area contributed by atoms with Gasteiger partial charge in [-0.15, -0.1) is 10.2 Å². The van der Waals surface area contributed by atoms with Crippen molar-refractivity contribution in [2.75, 3.05) is 11.9 Å². The van der Waals surface area contributed by atoms with Crippen LogP contribution in [-0.2, 0) is 12.4 Å². The first-order valence-corrected chi connectivity index (χ1v) is 8.36. The third kappa shape index (κ3) is 4.44. The first-order chi connectivity index (χ1) is 13.3. The van der Waals surface area contributed by atoms with Crippen molar-refractivity contribution in [3.63, 3.8) is 0 Å². The van der Waals surface area contributed by atoms with Crippen LogP contribution in [0, 0.1) is 0 Å². The van der Waals surface area contributed by atoms with Gasteiger partial charge >= 0.3 is 12.4 Å². The largest absolute Gasteiger partial charge is 0.417 e. The van der Waals surface area contributed by atoms with Gasteiger partial charge in [0.05, 0.1) is 22.2 Å². The fourth-order valence-electron chi connectivity index (χ4n) is 2.72. The van der Waals surface area contributed by atoms with Gasteiger partial charge in [-0.3, -0.25) is 4.40 Å². The van der Waals surface area contributed by atoms with E-state index in [2.05, 4.69) is 15.5 Å². The number of anilines is 1. The van der Waals surface area contributed by atoms with Gasteiger partial charge in [0, 0.05) is 18.3 Å². The van der Waals surface area contributed by atoms with Crippen molar-refractivity contribution in [2.24, 2.45) is 0 Å². The van der Waals surface area contributed by atoms with Gasteiger partial charge in [-0.25, -0.2) is 0 Å². The molecule has 0 amide bonds. The molecule has 0 bridgehead atoms. The minimum atomic E-state index is -5.03. The summed E-state index contributed by atoms with van der Waals surface area (Å²) >= 11 is 0. The summed E-state index contributed by atoms with van der Waals surface area (Å²) in [5, 5.41) is 20.3. The van der Waals surface area contributed by atoms with Gasteiger partial charge in [-0.2, -0.15) is 26.3 Å². The molecule has 0 saturated carbocycles. The van der Waals surface area contributed by atoms with Crippen LogP contribution in [0.5, 0.6) is 0 Å². The molecule has 1 aromatic carbocycles. The fraction of sp³-hybridized carbons (Fsp3) is 0.333. The molecule has 0 fully saturated rings. The van der Waals surface area contributed by atoms with Crippen LogP contribution in [0.2, 0.25) is 0 Å². The van der Waals surface area contributed by atoms with E-state index in [9.17, 15) is 31.4 Å². The van der Waals surface area contributed by atoms with E-state index in [1.807, 2.05) is 0 Å². The number of halogens is 6. The highest BCUT2D eigenvalue weighted by Crippen LogP contribution is 2.41. The summed E-state index contributed by atoms with van der Waals surface area (Å²) in [5.74, 6) is 0.163. The molecule has 2 heterocycles. The Labute approximate surface area is 161 Å². The molecular formula is C18H16F6N4O. The number of hydrogen-bond acceptors (Lipinski definition) is 4. The van der Waals surface area contributed by atoms with Crippen LogP contribution in [-0.4, -0.2) is 31.9 Å². The summed E-state index contributed by atoms with van der Waals surface area (Å²) < 4.78 is 80.6. The van der Waals surface area contributed by atoms with Crippen molar-refractivity contribution in [3.05, 3.63) is 47.7 Å². The lowest BCUT2D eigenvalue weighted by Crippen LogP contribution is -2.30. The Morgan fingerprint density at radius 1 is 1.00 bits per heavy atom. The molecule has 2 N–H and O–H groups in total. The second-order valence-corrected chi connectivity index (χ2v) is 7.06. The molecule has 11 heteroatoms. The van der Waals surface area contributed by atoms with E-state index in [4.69, 9.17) is 0 Å². The number of nitrogens with zero attached hydrogens (tertiary/aromatic N) is 3. The highest BCUT2D eigenvalue weighted by Gasteiger charge is 2.39. The summed E-state index contributed by atoms with van der Waals surface area (Å²) in [7, 11) is 0. The van der Waals surface area contributed by atoms with Gasteiger partial charge in [-0.1, -0.05) is 6.07 Å². The molecule has 0 radical (unpaired) electrons. The van der Waals surface area contributed by atoms with E-state index in [1.54, 1.807) is 13.8 Å². The molecule has 5 nitrogen and oxygen atoms in total. The first kappa shape index (κ1) is 20.9. The van der Waals surface area contributed by atoms with Crippen LogP contribution in [0.1, 0.15) is 25.0 Å². The lowest BCUT2D eigenvalue weighted by molar-refractivity contribution is -0.142. The zero-order valence-corrected chi connectivity index (χ0v) is 15.2. The Bertz CT molecular complexity index is 1030. The number of nitrogens with one attached hydrogen (secondary N) is 1. The molecule has 0 aliphatic heterocycles. The first-order valence-electron chi connectivity index (χ1n) is 8.36. The Balaban J connectivity index is 2.15. The summed E-state index contributed by atoms with van der Waals surface area (Å²) in [6.45, 7) is 3.18. The Morgan fingerprint density at radius 2 is 1.69 bits per heavy atom. The van der Waals surface area contributed by atoms with Crippen molar-refractivity contribution < 1.29 is 31.4 Å². The standard InChI is InChI=1S/C18H16F6N4O/c1-16(2,29)9-25-15-27-26-14(13-4-3-7-28(13)15)11-6-5-10(17(19,20)21)8-12(11)18(22,23)24/h3-8,29H,9H2,1-2H3,(H,25,27). The number of benzene rings is 1. The monoisotopic (exact) mass is 418 g/mol. The van der Waals surface area contributed by atoms with Gasteiger partial charge in [0.15, 0.2) is 0 Å². The average Bonchev–Trinajstić information content (AvgIpc) is 3.06. The number of aromatic nitrogens is 3. The van der Waals surface area contributed by atoms with Crippen molar-refractivity contribution in [1.29, 1.82) is 0 Å².